The molecule has 0 aromatic heterocycles. The van der Waals surface area contributed by atoms with Crippen molar-refractivity contribution in [2.45, 2.75) is 11.8 Å². The fraction of sp³-hybridized carbons (Fsp3) is 0.0500. The summed E-state index contributed by atoms with van der Waals surface area (Å²) in [5, 5.41) is 2.76. The Morgan fingerprint density at radius 2 is 1.56 bits per heavy atom. The molecule has 0 aliphatic rings. The number of hydrogen-bond donors (Lipinski definition) is 2. The Balaban J connectivity index is 1.73. The zero-order valence-electron chi connectivity index (χ0n) is 14.4. The summed E-state index contributed by atoms with van der Waals surface area (Å²) >= 11 is 0. The van der Waals surface area contributed by atoms with Crippen LogP contribution in [-0.2, 0) is 10.0 Å². The first-order valence-electron chi connectivity index (χ1n) is 8.10. The fourth-order valence-electron chi connectivity index (χ4n) is 2.44. The molecule has 5 nitrogen and oxygen atoms in total. The average Bonchev–Trinajstić information content (AvgIpc) is 2.63. The van der Waals surface area contributed by atoms with E-state index in [1.54, 1.807) is 6.07 Å². The normalized spacial score (nSPS) is 11.0. The van der Waals surface area contributed by atoms with Gasteiger partial charge in [0.1, 0.15) is 5.82 Å². The van der Waals surface area contributed by atoms with Crippen LogP contribution in [0.4, 0.5) is 15.8 Å². The van der Waals surface area contributed by atoms with Gasteiger partial charge in [-0.3, -0.25) is 9.52 Å². The molecule has 0 bridgehead atoms. The van der Waals surface area contributed by atoms with Gasteiger partial charge in [0.2, 0.25) is 0 Å². The number of carbonyl (C=O) groups excluding carboxylic acids is 1. The van der Waals surface area contributed by atoms with Crippen molar-refractivity contribution in [3.8, 4) is 0 Å². The number of anilines is 2. The standard InChI is InChI=1S/C20H17FN2O3S/c1-14-3-2-4-18(13-14)22-20(24)15-5-11-19(12-6-15)27(25,26)23-17-9-7-16(21)8-10-17/h2-13,23H,1H3,(H,22,24). The van der Waals surface area contributed by atoms with E-state index in [-0.39, 0.29) is 16.5 Å². The maximum absolute atomic E-state index is 12.9. The third-order valence-electron chi connectivity index (χ3n) is 3.80. The van der Waals surface area contributed by atoms with Crippen molar-refractivity contribution >= 4 is 27.3 Å². The molecule has 0 unspecified atom stereocenters. The van der Waals surface area contributed by atoms with Crippen LogP contribution in [0.25, 0.3) is 0 Å². The molecular formula is C20H17FN2O3S. The van der Waals surface area contributed by atoms with Crippen LogP contribution in [0.15, 0.2) is 77.7 Å². The van der Waals surface area contributed by atoms with Crippen LogP contribution in [0.2, 0.25) is 0 Å². The van der Waals surface area contributed by atoms with Crippen molar-refractivity contribution in [1.82, 2.24) is 0 Å². The van der Waals surface area contributed by atoms with Crippen LogP contribution in [0.3, 0.4) is 0 Å². The van der Waals surface area contributed by atoms with E-state index in [1.807, 2.05) is 25.1 Å². The van der Waals surface area contributed by atoms with Gasteiger partial charge in [0, 0.05) is 16.9 Å². The highest BCUT2D eigenvalue weighted by Gasteiger charge is 2.15. The summed E-state index contributed by atoms with van der Waals surface area (Å²) in [6.07, 6.45) is 0. The summed E-state index contributed by atoms with van der Waals surface area (Å²) in [5.74, 6) is -0.794. The van der Waals surface area contributed by atoms with Crippen LogP contribution < -0.4 is 10.0 Å². The van der Waals surface area contributed by atoms with Crippen LogP contribution in [0.5, 0.6) is 0 Å². The Morgan fingerprint density at radius 1 is 0.889 bits per heavy atom. The van der Waals surface area contributed by atoms with Crippen molar-refractivity contribution in [2.75, 3.05) is 10.0 Å². The zero-order chi connectivity index (χ0) is 19.4. The van der Waals surface area contributed by atoms with Crippen LogP contribution in [0, 0.1) is 12.7 Å². The molecule has 27 heavy (non-hydrogen) atoms. The van der Waals surface area contributed by atoms with E-state index in [9.17, 15) is 17.6 Å². The molecule has 3 aromatic rings. The number of nitrogens with one attached hydrogen (secondary N) is 2. The van der Waals surface area contributed by atoms with Crippen molar-refractivity contribution < 1.29 is 17.6 Å². The minimum atomic E-state index is -3.84. The van der Waals surface area contributed by atoms with Crippen LogP contribution >= 0.6 is 0 Å². The van der Waals surface area contributed by atoms with E-state index < -0.39 is 15.8 Å². The smallest absolute Gasteiger partial charge is 0.261 e. The van der Waals surface area contributed by atoms with E-state index in [0.717, 1.165) is 17.7 Å². The lowest BCUT2D eigenvalue weighted by atomic mass is 10.2. The number of halogens is 1. The second-order valence-corrected chi connectivity index (χ2v) is 7.64. The highest BCUT2D eigenvalue weighted by molar-refractivity contribution is 7.92. The van der Waals surface area contributed by atoms with Crippen molar-refractivity contribution in [2.24, 2.45) is 0 Å². The Hall–Kier alpha value is -3.19. The predicted molar refractivity (Wildman–Crippen MR) is 103 cm³/mol. The Labute approximate surface area is 156 Å². The Morgan fingerprint density at radius 3 is 2.19 bits per heavy atom. The largest absolute Gasteiger partial charge is 0.322 e. The molecule has 0 spiro atoms. The summed E-state index contributed by atoms with van der Waals surface area (Å²) in [5.41, 5.74) is 2.26. The average molecular weight is 384 g/mol. The molecule has 0 aliphatic carbocycles. The van der Waals surface area contributed by atoms with Gasteiger partial charge in [0.15, 0.2) is 0 Å². The molecule has 0 fully saturated rings. The summed E-state index contributed by atoms with van der Waals surface area (Å²) in [6.45, 7) is 1.92. The number of aryl methyl sites for hydroxylation is 1. The molecule has 2 N–H and O–H groups in total. The van der Waals surface area contributed by atoms with Crippen molar-refractivity contribution in [1.29, 1.82) is 0 Å². The molecule has 3 rings (SSSR count). The monoisotopic (exact) mass is 384 g/mol. The topological polar surface area (TPSA) is 75.3 Å². The fourth-order valence-corrected chi connectivity index (χ4v) is 3.50. The van der Waals surface area contributed by atoms with Crippen molar-refractivity contribution in [3.05, 3.63) is 89.7 Å². The third-order valence-corrected chi connectivity index (χ3v) is 5.20. The van der Waals surface area contributed by atoms with Crippen molar-refractivity contribution in [3.63, 3.8) is 0 Å². The zero-order valence-corrected chi connectivity index (χ0v) is 15.3. The lowest BCUT2D eigenvalue weighted by Crippen LogP contribution is -2.15. The Kier molecular flexibility index (Phi) is 5.23. The van der Waals surface area contributed by atoms with Crippen LogP contribution in [0.1, 0.15) is 15.9 Å². The van der Waals surface area contributed by atoms with E-state index in [0.29, 0.717) is 11.3 Å². The molecule has 3 aromatic carbocycles. The van der Waals surface area contributed by atoms with E-state index >= 15 is 0 Å². The maximum Gasteiger partial charge on any atom is 0.261 e. The van der Waals surface area contributed by atoms with E-state index in [2.05, 4.69) is 10.0 Å². The maximum atomic E-state index is 12.9. The molecule has 0 saturated carbocycles. The SMILES string of the molecule is Cc1cccc(NC(=O)c2ccc(S(=O)(=O)Nc3ccc(F)cc3)cc2)c1. The number of rotatable bonds is 5. The number of carbonyl (C=O) groups is 1. The first-order chi connectivity index (χ1) is 12.8. The number of hydrogen-bond acceptors (Lipinski definition) is 3. The summed E-state index contributed by atoms with van der Waals surface area (Å²) in [7, 11) is -3.84. The highest BCUT2D eigenvalue weighted by Crippen LogP contribution is 2.18. The molecule has 1 amide bonds. The number of amides is 1. The molecule has 138 valence electrons. The van der Waals surface area contributed by atoms with Gasteiger partial charge in [-0.05, 0) is 73.2 Å². The van der Waals surface area contributed by atoms with Gasteiger partial charge in [0.25, 0.3) is 15.9 Å². The van der Waals surface area contributed by atoms with Gasteiger partial charge in [0.05, 0.1) is 4.90 Å². The van der Waals surface area contributed by atoms with Gasteiger partial charge >= 0.3 is 0 Å². The molecule has 0 heterocycles. The van der Waals surface area contributed by atoms with Crippen LogP contribution in [-0.4, -0.2) is 14.3 Å². The second kappa shape index (κ2) is 7.59. The second-order valence-electron chi connectivity index (χ2n) is 5.96. The van der Waals surface area contributed by atoms with Gasteiger partial charge in [-0.25, -0.2) is 12.8 Å². The molecule has 0 radical (unpaired) electrons. The first kappa shape index (κ1) is 18.6. The first-order valence-corrected chi connectivity index (χ1v) is 9.58. The minimum absolute atomic E-state index is 0.000990. The molecular weight excluding hydrogens is 367 g/mol. The number of benzene rings is 3. The number of sulfonamides is 1. The highest BCUT2D eigenvalue weighted by atomic mass is 32.2. The van der Waals surface area contributed by atoms with Gasteiger partial charge in [-0.1, -0.05) is 12.1 Å². The van der Waals surface area contributed by atoms with Gasteiger partial charge in [-0.2, -0.15) is 0 Å². The van der Waals surface area contributed by atoms with E-state index in [1.165, 1.54) is 36.4 Å². The molecule has 0 saturated heterocycles. The van der Waals surface area contributed by atoms with Gasteiger partial charge < -0.3 is 5.32 Å². The predicted octanol–water partition coefficient (Wildman–Crippen LogP) is 4.19. The quantitative estimate of drug-likeness (QED) is 0.693. The molecule has 0 atom stereocenters. The van der Waals surface area contributed by atoms with Gasteiger partial charge in [-0.15, -0.1) is 0 Å². The summed E-state index contributed by atoms with van der Waals surface area (Å²) in [4.78, 5) is 12.3. The summed E-state index contributed by atoms with van der Waals surface area (Å²) in [6, 6.07) is 17.9. The lowest BCUT2D eigenvalue weighted by molar-refractivity contribution is 0.102. The van der Waals surface area contributed by atoms with E-state index in [4.69, 9.17) is 0 Å². The Bertz CT molecular complexity index is 1060. The molecule has 7 heteroatoms. The third kappa shape index (κ3) is 4.71. The summed E-state index contributed by atoms with van der Waals surface area (Å²) < 4.78 is 40.1. The molecule has 0 aliphatic heterocycles. The minimum Gasteiger partial charge on any atom is -0.322 e. The lowest BCUT2D eigenvalue weighted by Gasteiger charge is -2.09.